The number of aliphatic imine (C=N–C) groups is 1. The average Bonchev–Trinajstić information content (AvgIpc) is 2.07. The van der Waals surface area contributed by atoms with Gasteiger partial charge in [0, 0.05) is 16.0 Å². The minimum absolute atomic E-state index is 0.312. The highest BCUT2D eigenvalue weighted by molar-refractivity contribution is 14.1. The summed E-state index contributed by atoms with van der Waals surface area (Å²) >= 11 is 6.79. The van der Waals surface area contributed by atoms with Gasteiger partial charge in [-0.05, 0) is 22.6 Å². The Hall–Kier alpha value is -0.440. The quantitative estimate of drug-likeness (QED) is 0.585. The van der Waals surface area contributed by atoms with Crippen molar-refractivity contribution in [1.82, 2.24) is 9.97 Å². The zero-order chi connectivity index (χ0) is 10.8. The van der Waals surface area contributed by atoms with Gasteiger partial charge < -0.3 is 0 Å². The molecule has 0 radical (unpaired) electrons. The zero-order valence-electron chi connectivity index (χ0n) is 6.39. The van der Waals surface area contributed by atoms with Gasteiger partial charge in [-0.3, -0.25) is 0 Å². The molecule has 0 aliphatic carbocycles. The third kappa shape index (κ3) is 3.37. The average molecular weight is 335 g/mol. The number of rotatable bonds is 1. The summed E-state index contributed by atoms with van der Waals surface area (Å²) < 4.78 is 36.4. The van der Waals surface area contributed by atoms with E-state index in [2.05, 4.69) is 15.0 Å². The van der Waals surface area contributed by atoms with Crippen LogP contribution in [0, 0.1) is 3.57 Å². The maximum atomic E-state index is 11.9. The Labute approximate surface area is 95.6 Å². The second-order valence-electron chi connectivity index (χ2n) is 2.10. The van der Waals surface area contributed by atoms with Crippen LogP contribution < -0.4 is 0 Å². The highest BCUT2D eigenvalue weighted by atomic mass is 127. The third-order valence-electron chi connectivity index (χ3n) is 1.04. The Bertz CT molecular complexity index is 348. The second kappa shape index (κ2) is 4.39. The van der Waals surface area contributed by atoms with Crippen molar-refractivity contribution in [3.8, 4) is 0 Å². The number of hydrogen-bond acceptors (Lipinski definition) is 3. The largest absolute Gasteiger partial charge is 0.444 e. The first kappa shape index (κ1) is 11.6. The monoisotopic (exact) mass is 335 g/mol. The van der Waals surface area contributed by atoms with Crippen LogP contribution in [0.2, 0.25) is 0 Å². The number of hydrogen-bond donors (Lipinski definition) is 0. The van der Waals surface area contributed by atoms with E-state index in [1.165, 1.54) is 12.4 Å². The summed E-state index contributed by atoms with van der Waals surface area (Å²) in [5.74, 6) is -0.312. The summed E-state index contributed by atoms with van der Waals surface area (Å²) in [5.41, 5.74) is 0. The van der Waals surface area contributed by atoms with Crippen LogP contribution in [0.15, 0.2) is 17.4 Å². The van der Waals surface area contributed by atoms with Crippen molar-refractivity contribution in [3.63, 3.8) is 0 Å². The lowest BCUT2D eigenvalue weighted by Crippen LogP contribution is -2.16. The molecule has 0 aliphatic rings. The van der Waals surface area contributed by atoms with Crippen LogP contribution in [0.5, 0.6) is 0 Å². The lowest BCUT2D eigenvalue weighted by Gasteiger charge is -2.01. The van der Waals surface area contributed by atoms with Crippen LogP contribution in [-0.2, 0) is 0 Å². The second-order valence-corrected chi connectivity index (χ2v) is 3.71. The highest BCUT2D eigenvalue weighted by Crippen LogP contribution is 2.21. The fourth-order valence-corrected chi connectivity index (χ4v) is 0.869. The van der Waals surface area contributed by atoms with Gasteiger partial charge in [-0.15, -0.1) is 0 Å². The van der Waals surface area contributed by atoms with E-state index in [1.54, 1.807) is 0 Å². The molecule has 1 heterocycles. The van der Waals surface area contributed by atoms with Crippen LogP contribution >= 0.6 is 34.2 Å². The molecule has 0 N–H and O–H groups in total. The molecule has 0 saturated heterocycles. The fourth-order valence-electron chi connectivity index (χ4n) is 0.514. The SMILES string of the molecule is FC(F)(F)C(Cl)=Nc1ncc(I)cn1. The van der Waals surface area contributed by atoms with Crippen LogP contribution in [-0.4, -0.2) is 21.3 Å². The summed E-state index contributed by atoms with van der Waals surface area (Å²) in [6.07, 6.45) is -1.98. The smallest absolute Gasteiger partial charge is 0.219 e. The van der Waals surface area contributed by atoms with Crippen LogP contribution in [0.1, 0.15) is 0 Å². The molecule has 1 rings (SSSR count). The molecule has 0 spiro atoms. The molecule has 0 bridgehead atoms. The van der Waals surface area contributed by atoms with Gasteiger partial charge in [0.15, 0.2) is 0 Å². The van der Waals surface area contributed by atoms with Gasteiger partial charge in [0.25, 0.3) is 5.95 Å². The molecule has 1 aromatic rings. The highest BCUT2D eigenvalue weighted by Gasteiger charge is 2.34. The number of alkyl halides is 3. The van der Waals surface area contributed by atoms with Crippen molar-refractivity contribution in [2.75, 3.05) is 0 Å². The molecule has 0 atom stereocenters. The molecule has 76 valence electrons. The Morgan fingerprint density at radius 2 is 1.86 bits per heavy atom. The van der Waals surface area contributed by atoms with Crippen LogP contribution in [0.3, 0.4) is 0 Å². The van der Waals surface area contributed by atoms with Gasteiger partial charge in [0.05, 0.1) is 0 Å². The van der Waals surface area contributed by atoms with E-state index in [0.29, 0.717) is 3.57 Å². The van der Waals surface area contributed by atoms with Gasteiger partial charge >= 0.3 is 6.18 Å². The topological polar surface area (TPSA) is 38.1 Å². The first-order valence-corrected chi connectivity index (χ1v) is 4.64. The van der Waals surface area contributed by atoms with Crippen molar-refractivity contribution in [1.29, 1.82) is 0 Å². The van der Waals surface area contributed by atoms with E-state index in [4.69, 9.17) is 11.6 Å². The molecule has 0 unspecified atom stereocenters. The maximum Gasteiger partial charge on any atom is 0.444 e. The van der Waals surface area contributed by atoms with Gasteiger partial charge in [-0.25, -0.2) is 9.97 Å². The van der Waals surface area contributed by atoms with E-state index in [9.17, 15) is 13.2 Å². The standard InChI is InChI=1S/C6H2ClF3IN3/c7-4(6(8,9)10)14-5-12-1-3(11)2-13-5/h1-2H. The number of aromatic nitrogens is 2. The zero-order valence-corrected chi connectivity index (χ0v) is 9.30. The first-order valence-electron chi connectivity index (χ1n) is 3.18. The minimum Gasteiger partial charge on any atom is -0.219 e. The van der Waals surface area contributed by atoms with Crippen molar-refractivity contribution in [3.05, 3.63) is 16.0 Å². The summed E-state index contributed by atoms with van der Waals surface area (Å²) in [6.45, 7) is 0. The predicted octanol–water partition coefficient (Wildman–Crippen LogP) is 2.91. The summed E-state index contributed by atoms with van der Waals surface area (Å²) in [5, 5.41) is -1.49. The van der Waals surface area contributed by atoms with Crippen LogP contribution in [0.4, 0.5) is 19.1 Å². The predicted molar refractivity (Wildman–Crippen MR) is 53.8 cm³/mol. The summed E-state index contributed by atoms with van der Waals surface area (Å²) in [6, 6.07) is 0. The van der Waals surface area contributed by atoms with Gasteiger partial charge in [0.2, 0.25) is 5.17 Å². The normalized spacial score (nSPS) is 13.1. The molecule has 0 saturated carbocycles. The summed E-state index contributed by atoms with van der Waals surface area (Å²) in [7, 11) is 0. The molecular formula is C6H2ClF3IN3. The van der Waals surface area contributed by atoms with Crippen LogP contribution in [0.25, 0.3) is 0 Å². The molecule has 0 aromatic carbocycles. The number of halogens is 5. The Balaban J connectivity index is 2.93. The minimum atomic E-state index is -4.66. The fraction of sp³-hybridized carbons (Fsp3) is 0.167. The molecule has 1 aromatic heterocycles. The third-order valence-corrected chi connectivity index (χ3v) is 1.89. The maximum absolute atomic E-state index is 11.9. The van der Waals surface area contributed by atoms with E-state index in [-0.39, 0.29) is 5.95 Å². The van der Waals surface area contributed by atoms with E-state index in [1.807, 2.05) is 22.6 Å². The number of nitrogens with zero attached hydrogens (tertiary/aromatic N) is 3. The molecule has 3 nitrogen and oxygen atoms in total. The Kier molecular flexibility index (Phi) is 3.65. The van der Waals surface area contributed by atoms with Crippen molar-refractivity contribution in [2.45, 2.75) is 6.18 Å². The van der Waals surface area contributed by atoms with Gasteiger partial charge in [0.1, 0.15) is 0 Å². The van der Waals surface area contributed by atoms with E-state index < -0.39 is 11.3 Å². The molecule has 0 aliphatic heterocycles. The van der Waals surface area contributed by atoms with E-state index in [0.717, 1.165) is 0 Å². The Morgan fingerprint density at radius 3 is 2.29 bits per heavy atom. The van der Waals surface area contributed by atoms with E-state index >= 15 is 0 Å². The molecule has 14 heavy (non-hydrogen) atoms. The Morgan fingerprint density at radius 1 is 1.36 bits per heavy atom. The lowest BCUT2D eigenvalue weighted by molar-refractivity contribution is -0.0558. The van der Waals surface area contributed by atoms with Gasteiger partial charge in [-0.1, -0.05) is 11.6 Å². The first-order chi connectivity index (χ1) is 6.39. The molecule has 0 fully saturated rings. The molecular weight excluding hydrogens is 333 g/mol. The van der Waals surface area contributed by atoms with Crippen molar-refractivity contribution < 1.29 is 13.2 Å². The molecule has 0 amide bonds. The molecule has 8 heteroatoms. The lowest BCUT2D eigenvalue weighted by atomic mass is 10.6. The van der Waals surface area contributed by atoms with Crippen molar-refractivity contribution in [2.24, 2.45) is 4.99 Å². The van der Waals surface area contributed by atoms with Crippen molar-refractivity contribution >= 4 is 45.3 Å². The van der Waals surface area contributed by atoms with Gasteiger partial charge in [-0.2, -0.15) is 18.2 Å². The summed E-state index contributed by atoms with van der Waals surface area (Å²) in [4.78, 5) is 10.1.